The minimum Gasteiger partial charge on any atom is -0.0877 e. The van der Waals surface area contributed by atoms with Crippen LogP contribution in [0.3, 0.4) is 0 Å². The average Bonchev–Trinajstić information content (AvgIpc) is 1.82. The third-order valence-corrected chi connectivity index (χ3v) is 2.52. The molecule has 0 aliphatic carbocycles. The van der Waals surface area contributed by atoms with Gasteiger partial charge in [0.05, 0.1) is 0 Å². The van der Waals surface area contributed by atoms with Gasteiger partial charge >= 0.3 is 0 Å². The lowest BCUT2D eigenvalue weighted by atomic mass is 9.81. The Morgan fingerprint density at radius 3 is 1.77 bits per heavy atom. The molecule has 0 amide bonds. The van der Waals surface area contributed by atoms with Crippen LogP contribution >= 0.6 is 0 Å². The van der Waals surface area contributed by atoms with Crippen LogP contribution in [0.1, 0.15) is 54.9 Å². The smallest absolute Gasteiger partial charge is 0.0213 e. The molecule has 0 aliphatic heterocycles. The summed E-state index contributed by atoms with van der Waals surface area (Å²) >= 11 is 0. The van der Waals surface area contributed by atoms with Crippen molar-refractivity contribution in [3.63, 3.8) is 0 Å². The Labute approximate surface area is 84.4 Å². The third kappa shape index (κ3) is 6.86. The van der Waals surface area contributed by atoms with Crippen LogP contribution in [0.2, 0.25) is 0 Å². The van der Waals surface area contributed by atoms with E-state index >= 15 is 0 Å². The first kappa shape index (κ1) is 12.7. The fraction of sp³-hybridized carbons (Fsp3) is 0.846. The Balaban J connectivity index is 4.00. The Kier molecular flexibility index (Phi) is 4.22. The van der Waals surface area contributed by atoms with E-state index in [2.05, 4.69) is 60.6 Å². The molecular formula is C13H26. The van der Waals surface area contributed by atoms with Gasteiger partial charge in [-0.05, 0) is 23.2 Å². The lowest BCUT2D eigenvalue weighted by Gasteiger charge is -2.24. The van der Waals surface area contributed by atoms with Gasteiger partial charge in [0.15, 0.2) is 0 Å². The zero-order valence-corrected chi connectivity index (χ0v) is 10.4. The first-order valence-corrected chi connectivity index (χ1v) is 5.29. The topological polar surface area (TPSA) is 0 Å². The Morgan fingerprint density at radius 2 is 1.46 bits per heavy atom. The lowest BCUT2D eigenvalue weighted by molar-refractivity contribution is 0.312. The number of hydrogen-bond acceptors (Lipinski definition) is 0. The van der Waals surface area contributed by atoms with E-state index in [0.717, 1.165) is 0 Å². The highest BCUT2D eigenvalue weighted by Crippen LogP contribution is 2.27. The quantitative estimate of drug-likeness (QED) is 0.545. The highest BCUT2D eigenvalue weighted by Gasteiger charge is 2.17. The second-order valence-corrected chi connectivity index (χ2v) is 6.35. The summed E-state index contributed by atoms with van der Waals surface area (Å²) in [6, 6.07) is 0. The predicted molar refractivity (Wildman–Crippen MR) is 61.8 cm³/mol. The van der Waals surface area contributed by atoms with Crippen LogP contribution < -0.4 is 0 Å². The van der Waals surface area contributed by atoms with E-state index in [1.54, 1.807) is 0 Å². The molecule has 0 aromatic heterocycles. The van der Waals surface area contributed by atoms with Gasteiger partial charge in [0, 0.05) is 0 Å². The third-order valence-electron chi connectivity index (χ3n) is 2.52. The Hall–Kier alpha value is -0.260. The van der Waals surface area contributed by atoms with Crippen LogP contribution in [0.5, 0.6) is 0 Å². The van der Waals surface area contributed by atoms with Crippen molar-refractivity contribution in [2.75, 3.05) is 0 Å². The molecule has 0 saturated carbocycles. The summed E-state index contributed by atoms with van der Waals surface area (Å²) in [5.41, 5.74) is 0.822. The number of rotatable bonds is 2. The van der Waals surface area contributed by atoms with Crippen molar-refractivity contribution in [2.24, 2.45) is 16.7 Å². The minimum absolute atomic E-state index is 0.397. The van der Waals surface area contributed by atoms with Crippen molar-refractivity contribution in [2.45, 2.75) is 54.9 Å². The molecule has 0 saturated heterocycles. The second kappa shape index (κ2) is 4.30. The van der Waals surface area contributed by atoms with Crippen LogP contribution in [0.25, 0.3) is 0 Å². The molecule has 0 nitrogen and oxygen atoms in total. The molecule has 0 N–H and O–H groups in total. The average molecular weight is 182 g/mol. The van der Waals surface area contributed by atoms with Gasteiger partial charge in [-0.15, -0.1) is 0 Å². The second-order valence-electron chi connectivity index (χ2n) is 6.35. The molecule has 0 heteroatoms. The molecular weight excluding hydrogens is 156 g/mol. The van der Waals surface area contributed by atoms with Crippen molar-refractivity contribution in [1.82, 2.24) is 0 Å². The van der Waals surface area contributed by atoms with E-state index in [4.69, 9.17) is 0 Å². The molecule has 13 heavy (non-hydrogen) atoms. The van der Waals surface area contributed by atoms with E-state index < -0.39 is 0 Å². The molecule has 0 rings (SSSR count). The molecule has 0 aromatic rings. The molecule has 0 radical (unpaired) electrons. The summed E-state index contributed by atoms with van der Waals surface area (Å²) in [4.78, 5) is 0. The Morgan fingerprint density at radius 1 is 1.00 bits per heavy atom. The summed E-state index contributed by atoms with van der Waals surface area (Å²) in [6.07, 6.45) is 5.86. The highest BCUT2D eigenvalue weighted by molar-refractivity contribution is 4.93. The minimum atomic E-state index is 0.397. The van der Waals surface area contributed by atoms with E-state index in [-0.39, 0.29) is 0 Å². The zero-order chi connectivity index (χ0) is 10.7. The summed E-state index contributed by atoms with van der Waals surface area (Å²) in [5, 5.41) is 0. The van der Waals surface area contributed by atoms with Crippen LogP contribution in [0.15, 0.2) is 12.2 Å². The molecule has 0 spiro atoms. The maximum absolute atomic E-state index is 2.35. The molecule has 0 aromatic carbocycles. The van der Waals surface area contributed by atoms with Gasteiger partial charge in [0.2, 0.25) is 0 Å². The number of allylic oxidation sites excluding steroid dienone is 2. The van der Waals surface area contributed by atoms with Crippen LogP contribution in [0, 0.1) is 16.7 Å². The van der Waals surface area contributed by atoms with Crippen LogP contribution in [-0.4, -0.2) is 0 Å². The van der Waals surface area contributed by atoms with Crippen molar-refractivity contribution in [1.29, 1.82) is 0 Å². The van der Waals surface area contributed by atoms with E-state index in [1.807, 2.05) is 0 Å². The first-order chi connectivity index (χ1) is 5.63. The van der Waals surface area contributed by atoms with E-state index in [1.165, 1.54) is 6.42 Å². The van der Waals surface area contributed by atoms with Gasteiger partial charge in [0.1, 0.15) is 0 Å². The Bertz CT molecular complexity index is 161. The highest BCUT2D eigenvalue weighted by atomic mass is 14.2. The molecule has 0 aliphatic rings. The fourth-order valence-electron chi connectivity index (χ4n) is 0.914. The van der Waals surface area contributed by atoms with Gasteiger partial charge in [-0.25, -0.2) is 0 Å². The zero-order valence-electron chi connectivity index (χ0n) is 10.4. The van der Waals surface area contributed by atoms with Gasteiger partial charge in [-0.1, -0.05) is 60.6 Å². The van der Waals surface area contributed by atoms with Gasteiger partial charge in [-0.2, -0.15) is 0 Å². The number of hydrogen-bond donors (Lipinski definition) is 0. The lowest BCUT2D eigenvalue weighted by Crippen LogP contribution is -2.15. The SMILES string of the molecule is CC(C=CCC(C)(C)C)C(C)(C)C. The van der Waals surface area contributed by atoms with Crippen LogP contribution in [-0.2, 0) is 0 Å². The van der Waals surface area contributed by atoms with Crippen molar-refractivity contribution in [3.8, 4) is 0 Å². The summed E-state index contributed by atoms with van der Waals surface area (Å²) < 4.78 is 0. The maximum atomic E-state index is 2.35. The van der Waals surface area contributed by atoms with E-state index in [0.29, 0.717) is 16.7 Å². The monoisotopic (exact) mass is 182 g/mol. The molecule has 0 fully saturated rings. The maximum Gasteiger partial charge on any atom is -0.0213 e. The standard InChI is InChI=1S/C13H26/c1-11(13(5,6)7)9-8-10-12(2,3)4/h8-9,11H,10H2,1-7H3. The largest absolute Gasteiger partial charge is 0.0877 e. The molecule has 0 heterocycles. The summed E-state index contributed by atoms with van der Waals surface area (Å²) in [6.45, 7) is 16.0. The van der Waals surface area contributed by atoms with Crippen molar-refractivity contribution < 1.29 is 0 Å². The van der Waals surface area contributed by atoms with Crippen LogP contribution in [0.4, 0.5) is 0 Å². The molecule has 0 bridgehead atoms. The van der Waals surface area contributed by atoms with Crippen molar-refractivity contribution in [3.05, 3.63) is 12.2 Å². The molecule has 1 atom stereocenters. The van der Waals surface area contributed by atoms with E-state index in [9.17, 15) is 0 Å². The van der Waals surface area contributed by atoms with Gasteiger partial charge in [-0.3, -0.25) is 0 Å². The predicted octanol–water partition coefficient (Wildman–Crippen LogP) is 4.66. The molecule has 78 valence electrons. The fourth-order valence-corrected chi connectivity index (χ4v) is 0.914. The first-order valence-electron chi connectivity index (χ1n) is 5.29. The summed E-state index contributed by atoms with van der Waals surface area (Å²) in [7, 11) is 0. The van der Waals surface area contributed by atoms with Crippen molar-refractivity contribution >= 4 is 0 Å². The molecule has 1 unspecified atom stereocenters. The van der Waals surface area contributed by atoms with Gasteiger partial charge < -0.3 is 0 Å². The van der Waals surface area contributed by atoms with Gasteiger partial charge in [0.25, 0.3) is 0 Å². The normalized spacial score (nSPS) is 16.5. The summed E-state index contributed by atoms with van der Waals surface area (Å²) in [5.74, 6) is 0.662.